The summed E-state index contributed by atoms with van der Waals surface area (Å²) in [5, 5.41) is 0. The molecule has 0 fully saturated rings. The van der Waals surface area contributed by atoms with Gasteiger partial charge in [-0.15, -0.1) is 0 Å². The highest BCUT2D eigenvalue weighted by molar-refractivity contribution is 5.47. The zero-order valence-corrected chi connectivity index (χ0v) is 19.6. The van der Waals surface area contributed by atoms with E-state index in [2.05, 4.69) is 0 Å². The Morgan fingerprint density at radius 2 is 0.649 bits per heavy atom. The van der Waals surface area contributed by atoms with Crippen LogP contribution in [0.4, 0.5) is 37.7 Å². The van der Waals surface area contributed by atoms with Crippen molar-refractivity contribution < 1.29 is 26.3 Å². The fourth-order valence-electron chi connectivity index (χ4n) is 4.47. The number of benzene rings is 4. The third-order valence-electron chi connectivity index (χ3n) is 6.40. The molecule has 0 spiro atoms. The minimum atomic E-state index is -5.64. The average molecular weight is 515 g/mol. The summed E-state index contributed by atoms with van der Waals surface area (Å²) in [5.41, 5.74) is 9.28. The van der Waals surface area contributed by atoms with Crippen LogP contribution in [0.1, 0.15) is 33.4 Å². The van der Waals surface area contributed by atoms with Crippen molar-refractivity contribution in [3.05, 3.63) is 130 Å². The van der Waals surface area contributed by atoms with Crippen LogP contribution < -0.4 is 11.5 Å². The number of alkyl halides is 6. The molecule has 0 aliphatic rings. The van der Waals surface area contributed by atoms with E-state index in [1.165, 1.54) is 24.3 Å². The van der Waals surface area contributed by atoms with E-state index in [0.717, 1.165) is 35.4 Å². The maximum absolute atomic E-state index is 14.5. The molecule has 0 aliphatic carbocycles. The van der Waals surface area contributed by atoms with Gasteiger partial charge >= 0.3 is 12.4 Å². The van der Waals surface area contributed by atoms with Gasteiger partial charge in [0.1, 0.15) is 0 Å². The Morgan fingerprint density at radius 3 is 0.892 bits per heavy atom. The Kier molecular flexibility index (Phi) is 6.95. The summed E-state index contributed by atoms with van der Waals surface area (Å²) in [4.78, 5) is 0. The van der Waals surface area contributed by atoms with E-state index in [9.17, 15) is 26.3 Å². The molecular formula is C29H24F6N2. The molecule has 4 N–H and O–H groups in total. The van der Waals surface area contributed by atoms with Gasteiger partial charge in [0.25, 0.3) is 0 Å². The molecular weight excluding hydrogens is 490 g/mol. The summed E-state index contributed by atoms with van der Waals surface area (Å²) < 4.78 is 86.8. The second kappa shape index (κ2) is 9.84. The Hall–Kier alpha value is -3.94. The fourth-order valence-corrected chi connectivity index (χ4v) is 4.47. The minimum Gasteiger partial charge on any atom is -0.399 e. The fraction of sp³-hybridized carbons (Fsp3) is 0.172. The molecule has 0 radical (unpaired) electrons. The summed E-state index contributed by atoms with van der Waals surface area (Å²) in [6, 6.07) is 22.6. The summed E-state index contributed by atoms with van der Waals surface area (Å²) in [5.74, 6) is 0. The Morgan fingerprint density at radius 1 is 0.405 bits per heavy atom. The molecule has 0 amide bonds. The average Bonchev–Trinajstić information content (AvgIpc) is 2.83. The molecule has 0 unspecified atom stereocenters. The highest BCUT2D eigenvalue weighted by Gasteiger charge is 2.72. The van der Waals surface area contributed by atoms with Crippen LogP contribution in [-0.2, 0) is 18.3 Å². The van der Waals surface area contributed by atoms with Gasteiger partial charge in [-0.2, -0.15) is 26.3 Å². The third kappa shape index (κ3) is 5.28. The molecule has 0 saturated heterocycles. The quantitative estimate of drug-likeness (QED) is 0.208. The monoisotopic (exact) mass is 514 g/mol. The van der Waals surface area contributed by atoms with E-state index < -0.39 is 28.9 Å². The normalized spacial score (nSPS) is 12.5. The summed E-state index contributed by atoms with van der Waals surface area (Å²) in [7, 11) is 0. The molecule has 8 heteroatoms. The first-order valence-corrected chi connectivity index (χ1v) is 11.4. The molecule has 2 nitrogen and oxygen atoms in total. The second-order valence-corrected chi connectivity index (χ2v) is 8.98. The molecule has 0 aliphatic heterocycles. The smallest absolute Gasteiger partial charge is 0.399 e. The van der Waals surface area contributed by atoms with Crippen molar-refractivity contribution in [1.29, 1.82) is 0 Å². The number of rotatable bonds is 6. The van der Waals surface area contributed by atoms with Gasteiger partial charge < -0.3 is 11.5 Å². The Balaban J connectivity index is 1.71. The van der Waals surface area contributed by atoms with Gasteiger partial charge in [-0.05, 0) is 70.5 Å². The number of hydrogen-bond acceptors (Lipinski definition) is 2. The molecule has 0 bridgehead atoms. The van der Waals surface area contributed by atoms with Crippen molar-refractivity contribution in [2.45, 2.75) is 30.6 Å². The van der Waals surface area contributed by atoms with Crippen LogP contribution in [0.25, 0.3) is 0 Å². The second-order valence-electron chi connectivity index (χ2n) is 8.98. The van der Waals surface area contributed by atoms with Crippen LogP contribution in [0.5, 0.6) is 0 Å². The lowest BCUT2D eigenvalue weighted by Gasteiger charge is -2.38. The van der Waals surface area contributed by atoms with Crippen LogP contribution in [0.15, 0.2) is 97.1 Å². The Labute approximate surface area is 210 Å². The van der Waals surface area contributed by atoms with E-state index in [-0.39, 0.29) is 0 Å². The maximum Gasteiger partial charge on any atom is 0.411 e. The summed E-state index contributed by atoms with van der Waals surface area (Å²) in [6.45, 7) is 0. The van der Waals surface area contributed by atoms with Crippen molar-refractivity contribution in [3.63, 3.8) is 0 Å². The molecule has 4 rings (SSSR count). The van der Waals surface area contributed by atoms with Crippen molar-refractivity contribution in [3.8, 4) is 0 Å². The predicted molar refractivity (Wildman–Crippen MR) is 133 cm³/mol. The number of hydrogen-bond donors (Lipinski definition) is 2. The van der Waals surface area contributed by atoms with Crippen molar-refractivity contribution in [1.82, 2.24) is 0 Å². The summed E-state index contributed by atoms with van der Waals surface area (Å²) >= 11 is 0. The molecule has 4 aromatic carbocycles. The van der Waals surface area contributed by atoms with Crippen LogP contribution in [0, 0.1) is 0 Å². The van der Waals surface area contributed by atoms with Crippen LogP contribution in [0.2, 0.25) is 0 Å². The van der Waals surface area contributed by atoms with Crippen LogP contribution in [0.3, 0.4) is 0 Å². The van der Waals surface area contributed by atoms with Crippen molar-refractivity contribution >= 4 is 11.4 Å². The van der Waals surface area contributed by atoms with Gasteiger partial charge in [-0.1, -0.05) is 72.8 Å². The SMILES string of the molecule is Nc1ccc(Cc2ccc(C(c3ccc(Cc4ccc(N)cc4)cc3)(C(F)(F)F)C(F)(F)F)cc2)cc1. The lowest BCUT2D eigenvalue weighted by atomic mass is 9.72. The lowest BCUT2D eigenvalue weighted by molar-refractivity contribution is -0.288. The van der Waals surface area contributed by atoms with Gasteiger partial charge in [0.15, 0.2) is 0 Å². The first kappa shape index (κ1) is 26.1. The van der Waals surface area contributed by atoms with E-state index in [4.69, 9.17) is 11.5 Å². The standard InChI is InChI=1S/C29H24F6N2/c30-28(31,32)27(29(33,34)35,23-9-1-19(2-10-23)17-21-5-13-25(36)14-6-21)24-11-3-20(4-12-24)18-22-7-15-26(37)16-8-22/h1-16H,17-18,36-37H2. The molecule has 0 atom stereocenters. The van der Waals surface area contributed by atoms with Crippen LogP contribution >= 0.6 is 0 Å². The van der Waals surface area contributed by atoms with Gasteiger partial charge in [-0.3, -0.25) is 0 Å². The molecule has 192 valence electrons. The van der Waals surface area contributed by atoms with Gasteiger partial charge in [0.05, 0.1) is 0 Å². The molecule has 0 heterocycles. The van der Waals surface area contributed by atoms with Gasteiger partial charge in [0.2, 0.25) is 5.41 Å². The van der Waals surface area contributed by atoms with E-state index in [0.29, 0.717) is 35.3 Å². The van der Waals surface area contributed by atoms with E-state index >= 15 is 0 Å². The number of nitrogen functional groups attached to an aromatic ring is 2. The van der Waals surface area contributed by atoms with E-state index in [1.807, 2.05) is 0 Å². The number of nitrogens with two attached hydrogens (primary N) is 2. The van der Waals surface area contributed by atoms with E-state index in [1.54, 1.807) is 48.5 Å². The first-order valence-electron chi connectivity index (χ1n) is 11.4. The largest absolute Gasteiger partial charge is 0.411 e. The minimum absolute atomic E-state index is 0.339. The molecule has 37 heavy (non-hydrogen) atoms. The number of anilines is 2. The van der Waals surface area contributed by atoms with Gasteiger partial charge in [0, 0.05) is 11.4 Å². The Bertz CT molecular complexity index is 1220. The maximum atomic E-state index is 14.5. The zero-order valence-electron chi connectivity index (χ0n) is 19.6. The lowest BCUT2D eigenvalue weighted by Crippen LogP contribution is -2.54. The molecule has 0 aromatic heterocycles. The zero-order chi connectivity index (χ0) is 26.8. The highest BCUT2D eigenvalue weighted by Crippen LogP contribution is 2.56. The van der Waals surface area contributed by atoms with Crippen LogP contribution in [-0.4, -0.2) is 12.4 Å². The summed E-state index contributed by atoms with van der Waals surface area (Å²) in [6.07, 6.45) is -10.6. The van der Waals surface area contributed by atoms with Gasteiger partial charge in [-0.25, -0.2) is 0 Å². The molecule has 4 aromatic rings. The topological polar surface area (TPSA) is 52.0 Å². The molecule has 0 saturated carbocycles. The predicted octanol–water partition coefficient (Wildman–Crippen LogP) is 7.44. The highest BCUT2D eigenvalue weighted by atomic mass is 19.4. The number of halogens is 6. The van der Waals surface area contributed by atoms with Crippen molar-refractivity contribution in [2.75, 3.05) is 11.5 Å². The third-order valence-corrected chi connectivity index (χ3v) is 6.40. The van der Waals surface area contributed by atoms with Crippen molar-refractivity contribution in [2.24, 2.45) is 0 Å². The first-order chi connectivity index (χ1) is 17.4.